The van der Waals surface area contributed by atoms with Crippen molar-refractivity contribution in [3.05, 3.63) is 78.9 Å². The maximum Gasteiger partial charge on any atom is 0.349 e. The Bertz CT molecular complexity index is 5250. The van der Waals surface area contributed by atoms with E-state index >= 15 is 4.79 Å². The van der Waals surface area contributed by atoms with Crippen LogP contribution in [0, 0.1) is 17.8 Å². The van der Waals surface area contributed by atoms with Crippen LogP contribution in [0.25, 0.3) is 22.3 Å². The number of nitrogen functional groups attached to an aromatic ring is 4. The van der Waals surface area contributed by atoms with Crippen LogP contribution in [0.3, 0.4) is 0 Å². The third-order valence-corrected chi connectivity index (χ3v) is 24.5. The van der Waals surface area contributed by atoms with Crippen LogP contribution in [-0.4, -0.2) is 228 Å². The first kappa shape index (κ1) is 106. The first-order valence-electron chi connectivity index (χ1n) is 46.9. The highest BCUT2D eigenvalue weighted by molar-refractivity contribution is 5.88. The minimum atomic E-state index is -1.25. The van der Waals surface area contributed by atoms with Crippen LogP contribution in [0.15, 0.2) is 56.4 Å². The summed E-state index contributed by atoms with van der Waals surface area (Å²) in [4.78, 5) is 252. The number of unbranched alkanes of at least 4 members (excludes halogenated alkanes) is 4. The number of aromatic nitrogens is 12. The number of hydrogen-bond donors (Lipinski definition) is 23. The third kappa shape index (κ3) is 34.8. The number of anilines is 4. The largest absolute Gasteiger partial charge is 0.383 e. The maximum absolute atomic E-state index is 15.1. The smallest absolute Gasteiger partial charge is 0.349 e. The lowest BCUT2D eigenvalue weighted by molar-refractivity contribution is -0.131. The van der Waals surface area contributed by atoms with Gasteiger partial charge in [-0.1, -0.05) is 64.2 Å². The average Bonchev–Trinajstić information content (AvgIpc) is 1.66. The van der Waals surface area contributed by atoms with Crippen LogP contribution in [0.5, 0.6) is 0 Å². The van der Waals surface area contributed by atoms with E-state index < -0.39 is 180 Å². The summed E-state index contributed by atoms with van der Waals surface area (Å²) in [6.07, 6.45) is 15.2. The molecule has 0 saturated heterocycles. The molecule has 6 heterocycles. The van der Waals surface area contributed by atoms with Crippen LogP contribution in [0.1, 0.15) is 212 Å². The number of amides is 12. The zero-order valence-electron chi connectivity index (χ0n) is 76.5. The van der Waals surface area contributed by atoms with Crippen molar-refractivity contribution in [2.24, 2.45) is 52.2 Å². The van der Waals surface area contributed by atoms with E-state index in [2.05, 4.69) is 98.4 Å². The molecule has 3 aliphatic carbocycles. The van der Waals surface area contributed by atoms with Crippen molar-refractivity contribution in [1.29, 1.82) is 0 Å². The summed E-state index contributed by atoms with van der Waals surface area (Å²) in [6, 6.07) is -6.74. The summed E-state index contributed by atoms with van der Waals surface area (Å²) in [6.45, 7) is 0.281. The summed E-state index contributed by atoms with van der Waals surface area (Å²) in [7, 11) is 0. The van der Waals surface area contributed by atoms with E-state index in [1.54, 1.807) is 0 Å². The molecule has 0 unspecified atom stereocenters. The van der Waals surface area contributed by atoms with Crippen molar-refractivity contribution in [3.8, 4) is 0 Å². The van der Waals surface area contributed by atoms with Crippen molar-refractivity contribution < 1.29 is 57.5 Å². The molecule has 3 saturated carbocycles. The van der Waals surface area contributed by atoms with Crippen molar-refractivity contribution in [2.45, 2.75) is 305 Å². The Morgan fingerprint density at radius 3 is 1.07 bits per heavy atom. The van der Waals surface area contributed by atoms with Gasteiger partial charge in [0, 0.05) is 145 Å². The number of carbonyl (C=O) groups is 12. The normalized spacial score (nSPS) is 18.4. The fourth-order valence-electron chi connectivity index (χ4n) is 17.8. The topological polar surface area (TPSA) is 794 Å². The molecule has 6 aromatic rings. The van der Waals surface area contributed by atoms with Gasteiger partial charge in [-0.3, -0.25) is 86.2 Å². The van der Waals surface area contributed by atoms with Crippen LogP contribution >= 0.6 is 0 Å². The van der Waals surface area contributed by atoms with E-state index in [0.717, 1.165) is 34.8 Å². The zero-order valence-corrected chi connectivity index (χ0v) is 76.5. The van der Waals surface area contributed by atoms with Crippen LogP contribution in [0.2, 0.25) is 0 Å². The van der Waals surface area contributed by atoms with Gasteiger partial charge >= 0.3 is 11.4 Å². The monoisotopic (exact) mass is 1890 g/mol. The highest BCUT2D eigenvalue weighted by atomic mass is 16.2. The molecular weight excluding hydrogens is 1750 g/mol. The van der Waals surface area contributed by atoms with E-state index in [0.29, 0.717) is 135 Å². The molecule has 135 heavy (non-hydrogen) atoms. The number of nitrogens with one attached hydrogen (secondary N) is 13. The molecule has 14 atom stereocenters. The SMILES string of the molecule is NCCCC[C@@H](N)CC(=O)N[C@@H]1CCCC[C@H]1C(=O)N[C@H](CCCCN)CC(=O)N[C@@H](CC(=O)N[C@@H](CC(=O)N[C@@H]1CCCC[C@H]1C(=O)N[C@@H](CC(=O)N[C@@H](CC(=O)N[C@H](CCCCN)CC(=O)N[C@@H]1CCCC[C@H]1C(=O)N[C@H](CCCCN)CC(=O)NCCC(N)=O)Cn1cnc2c(=O)[nH]c(N)nc21)Cn1ccc(N)nc1=O)Cn1ccc(N)nc1=O)Cn1cnc2c(=O)[nH]c(N)nc21. The lowest BCUT2D eigenvalue weighted by atomic mass is 9.83. The molecule has 49 nitrogen and oxygen atoms in total. The Hall–Kier alpha value is -12.9. The highest BCUT2D eigenvalue weighted by Gasteiger charge is 2.39. The molecule has 0 aliphatic heterocycles. The molecule has 6 aromatic heterocycles. The number of rotatable bonds is 56. The molecule has 0 bridgehead atoms. The van der Waals surface area contributed by atoms with Gasteiger partial charge in [0.1, 0.15) is 11.6 Å². The Morgan fingerprint density at radius 1 is 0.378 bits per heavy atom. The van der Waals surface area contributed by atoms with Crippen LogP contribution in [0.4, 0.5) is 23.5 Å². The van der Waals surface area contributed by atoms with E-state index in [4.69, 9.17) is 57.3 Å². The maximum atomic E-state index is 15.1. The first-order valence-corrected chi connectivity index (χ1v) is 46.9. The van der Waals surface area contributed by atoms with Gasteiger partial charge in [-0.15, -0.1) is 0 Å². The molecule has 3 aliphatic rings. The van der Waals surface area contributed by atoms with Gasteiger partial charge in [0.2, 0.25) is 82.8 Å². The van der Waals surface area contributed by atoms with Gasteiger partial charge in [-0.25, -0.2) is 19.6 Å². The molecule has 12 amide bonds. The lowest BCUT2D eigenvalue weighted by Gasteiger charge is -2.33. The summed E-state index contributed by atoms with van der Waals surface area (Å²) >= 11 is 0. The lowest BCUT2D eigenvalue weighted by Crippen LogP contribution is -2.53. The molecule has 742 valence electrons. The predicted octanol–water partition coefficient (Wildman–Crippen LogP) is -4.53. The minimum Gasteiger partial charge on any atom is -0.383 e. The standard InChI is InChI=1S/C86H137N33O16/c87-28-11-7-15-49(91)35-67(122)107-60-22-4-1-19-57(60)79(130)105-52(18-10-14-31-90)38-68(123)102-55(46-119-48-99-75-77(119)113-84(96)115-82(75)133)40-70(125)101-53(43-116-33-26-63(92)110-85(116)134)41-73(128)109-62-24-6-3-21-59(62)80(131)106-56(44-117-34-27-64(93)111-86(117)135)42-71(126)103-54(45-118-47-98-74-76(118)112-83(95)114-81(74)132)39-69(124)100-50(16-8-12-29-88)37-72(127)108-61-23-5-2-20-58(61)78(129)104-51(17-9-13-30-89)36-66(121)97-32-25-65(94)120/h26-27,33-34,47-62H,1-25,28-32,35-46,87-91H2,(H2,94,120)(H,97,121)(H,100,124)(H,101,125)(H,102,123)(H,103,126)(H,104,129)(H,105,130)(H,106,131)(H,107,122)(H,108,127)(H,109,128)(H2,92,110,134)(H2,93,111,135)(H3,95,112,114,132)(H3,96,113,115,133)/t49-,50-,51-,52-,53+,54+,55+,56+,57-,58-,59-,60-,61-,62-/m1/s1. The fraction of sp³-hybridized carbons (Fsp3) is 0.651. The summed E-state index contributed by atoms with van der Waals surface area (Å²) in [5.74, 6) is -9.67. The van der Waals surface area contributed by atoms with Gasteiger partial charge < -0.3 is 125 Å². The molecule has 3 fully saturated rings. The van der Waals surface area contributed by atoms with Gasteiger partial charge in [0.15, 0.2) is 22.3 Å². The number of imidazole rings is 2. The Kier molecular flexibility index (Phi) is 42.2. The minimum absolute atomic E-state index is 0.00685. The number of hydrogen-bond acceptors (Lipinski definition) is 31. The van der Waals surface area contributed by atoms with Gasteiger partial charge in [0.25, 0.3) is 11.1 Å². The molecule has 0 spiro atoms. The average molecular weight is 1890 g/mol. The number of nitrogens with two attached hydrogens (primary N) is 10. The van der Waals surface area contributed by atoms with Crippen LogP contribution < -0.4 is 138 Å². The van der Waals surface area contributed by atoms with E-state index in [1.807, 2.05) is 0 Å². The molecule has 33 N–H and O–H groups in total. The summed E-state index contributed by atoms with van der Waals surface area (Å²) in [5, 5.41) is 32.4. The van der Waals surface area contributed by atoms with Gasteiger partial charge in [-0.05, 0) is 128 Å². The molecule has 0 radical (unpaired) electrons. The number of H-pyrrole nitrogens is 2. The molecule has 49 heteroatoms. The van der Waals surface area contributed by atoms with Crippen LogP contribution in [-0.2, 0) is 83.7 Å². The predicted molar refractivity (Wildman–Crippen MR) is 499 cm³/mol. The molecular formula is C86H137N33O16. The van der Waals surface area contributed by atoms with Gasteiger partial charge in [-0.2, -0.15) is 19.9 Å². The highest BCUT2D eigenvalue weighted by Crippen LogP contribution is 2.30. The zero-order chi connectivity index (χ0) is 97.6. The second kappa shape index (κ2) is 53.9. The van der Waals surface area contributed by atoms with E-state index in [9.17, 15) is 71.9 Å². The number of carbonyl (C=O) groups excluding carboxylic acids is 12. The number of aromatic amines is 2. The summed E-state index contributed by atoms with van der Waals surface area (Å²) < 4.78 is 5.05. The van der Waals surface area contributed by atoms with Crippen molar-refractivity contribution in [1.82, 2.24) is 117 Å². The fourth-order valence-corrected chi connectivity index (χ4v) is 17.8. The van der Waals surface area contributed by atoms with Crippen molar-refractivity contribution >= 4 is 117 Å². The first-order chi connectivity index (χ1) is 64.7. The Labute approximate surface area is 778 Å². The van der Waals surface area contributed by atoms with E-state index in [1.165, 1.54) is 46.3 Å². The molecule has 9 rings (SSSR count). The van der Waals surface area contributed by atoms with Crippen molar-refractivity contribution in [3.63, 3.8) is 0 Å². The van der Waals surface area contributed by atoms with E-state index in [-0.39, 0.29) is 154 Å². The second-order valence-electron chi connectivity index (χ2n) is 35.6. The quantitative estimate of drug-likeness (QED) is 0.0160. The number of primary amides is 1. The Balaban J connectivity index is 0.907. The Morgan fingerprint density at radius 2 is 0.689 bits per heavy atom. The third-order valence-electron chi connectivity index (χ3n) is 24.5. The second-order valence-corrected chi connectivity index (χ2v) is 35.6. The molecule has 0 aromatic carbocycles. The number of nitrogens with zero attached hydrogens (tertiary/aromatic N) is 10. The number of fused-ring (bicyclic) bond motifs is 2. The summed E-state index contributed by atoms with van der Waals surface area (Å²) in [5.41, 5.74) is 55.4. The van der Waals surface area contributed by atoms with Gasteiger partial charge in [0.05, 0.1) is 54.6 Å². The van der Waals surface area contributed by atoms with Crippen molar-refractivity contribution in [2.75, 3.05) is 55.7 Å².